The second-order valence-electron chi connectivity index (χ2n) is 5.38. The number of hydrogen-bond donors (Lipinski definition) is 1. The molecule has 106 valence electrons. The summed E-state index contributed by atoms with van der Waals surface area (Å²) in [4.78, 5) is 11.7. The topological polar surface area (TPSA) is 81.9 Å². The molecule has 0 aliphatic heterocycles. The van der Waals surface area contributed by atoms with Crippen LogP contribution in [0.2, 0.25) is 0 Å². The van der Waals surface area contributed by atoms with Crippen molar-refractivity contribution < 1.29 is 9.53 Å². The molecular formula is C13H17N5O2. The number of carbonyl (C=O) groups excluding carboxylic acids is 1. The number of carbonyl (C=O) groups is 1. The van der Waals surface area contributed by atoms with Crippen LogP contribution in [0.4, 0.5) is 10.5 Å². The zero-order valence-electron chi connectivity index (χ0n) is 11.9. The van der Waals surface area contributed by atoms with Crippen molar-refractivity contribution in [1.29, 1.82) is 0 Å². The van der Waals surface area contributed by atoms with Crippen molar-refractivity contribution in [3.63, 3.8) is 0 Å². The minimum atomic E-state index is -0.522. The summed E-state index contributed by atoms with van der Waals surface area (Å²) in [5.41, 5.74) is 1.93. The first-order chi connectivity index (χ1) is 9.35. The van der Waals surface area contributed by atoms with Crippen molar-refractivity contribution in [2.75, 3.05) is 5.32 Å². The van der Waals surface area contributed by atoms with Crippen molar-refractivity contribution in [3.8, 4) is 5.69 Å². The predicted molar refractivity (Wildman–Crippen MR) is 73.7 cm³/mol. The lowest BCUT2D eigenvalue weighted by Gasteiger charge is -2.19. The van der Waals surface area contributed by atoms with Gasteiger partial charge in [-0.25, -0.2) is 9.48 Å². The summed E-state index contributed by atoms with van der Waals surface area (Å²) in [7, 11) is 0. The molecule has 1 aromatic carbocycles. The molecule has 0 saturated heterocycles. The van der Waals surface area contributed by atoms with E-state index in [9.17, 15) is 4.79 Å². The fraction of sp³-hybridized carbons (Fsp3) is 0.385. The minimum absolute atomic E-state index is 0.480. The largest absolute Gasteiger partial charge is 0.444 e. The number of aryl methyl sites for hydroxylation is 1. The Balaban J connectivity index is 2.12. The van der Waals surface area contributed by atoms with Gasteiger partial charge < -0.3 is 4.74 Å². The fourth-order valence-electron chi connectivity index (χ4n) is 1.68. The van der Waals surface area contributed by atoms with Gasteiger partial charge in [0.2, 0.25) is 0 Å². The van der Waals surface area contributed by atoms with Gasteiger partial charge in [-0.1, -0.05) is 0 Å². The number of anilines is 1. The molecule has 2 aromatic rings. The summed E-state index contributed by atoms with van der Waals surface area (Å²) in [5, 5.41) is 13.7. The Morgan fingerprint density at radius 3 is 2.65 bits per heavy atom. The van der Waals surface area contributed by atoms with Gasteiger partial charge in [-0.15, -0.1) is 5.10 Å². The Morgan fingerprint density at radius 2 is 2.10 bits per heavy atom. The summed E-state index contributed by atoms with van der Waals surface area (Å²) in [6.07, 6.45) is 1.04. The lowest BCUT2D eigenvalue weighted by molar-refractivity contribution is 0.0636. The minimum Gasteiger partial charge on any atom is -0.444 e. The van der Waals surface area contributed by atoms with Crippen LogP contribution in [0.5, 0.6) is 0 Å². The van der Waals surface area contributed by atoms with E-state index in [4.69, 9.17) is 4.74 Å². The fourth-order valence-corrected chi connectivity index (χ4v) is 1.68. The lowest BCUT2D eigenvalue weighted by Crippen LogP contribution is -2.27. The first-order valence-corrected chi connectivity index (χ1v) is 6.19. The highest BCUT2D eigenvalue weighted by atomic mass is 16.6. The van der Waals surface area contributed by atoms with Gasteiger partial charge in [0.15, 0.2) is 0 Å². The Hall–Kier alpha value is -2.44. The van der Waals surface area contributed by atoms with E-state index in [2.05, 4.69) is 20.8 Å². The number of benzene rings is 1. The predicted octanol–water partition coefficient (Wildman–Crippen LogP) is 2.32. The highest BCUT2D eigenvalue weighted by Gasteiger charge is 2.16. The smallest absolute Gasteiger partial charge is 0.412 e. The summed E-state index contributed by atoms with van der Waals surface area (Å²) in [6.45, 7) is 7.37. The number of ether oxygens (including phenoxy) is 1. The zero-order valence-corrected chi connectivity index (χ0v) is 11.9. The summed E-state index contributed by atoms with van der Waals surface area (Å²) in [5.74, 6) is 0. The van der Waals surface area contributed by atoms with Crippen molar-refractivity contribution in [2.24, 2.45) is 0 Å². The quantitative estimate of drug-likeness (QED) is 0.909. The molecule has 1 N–H and O–H groups in total. The van der Waals surface area contributed by atoms with Gasteiger partial charge in [0.05, 0.1) is 5.69 Å². The average molecular weight is 275 g/mol. The Labute approximate surface area is 116 Å². The molecule has 7 nitrogen and oxygen atoms in total. The molecule has 20 heavy (non-hydrogen) atoms. The summed E-state index contributed by atoms with van der Waals surface area (Å²) in [6, 6.07) is 5.44. The lowest BCUT2D eigenvalue weighted by atomic mass is 10.2. The van der Waals surface area contributed by atoms with E-state index in [1.165, 1.54) is 6.33 Å². The number of hydrogen-bond acceptors (Lipinski definition) is 5. The summed E-state index contributed by atoms with van der Waals surface area (Å²) >= 11 is 0. The van der Waals surface area contributed by atoms with Crippen LogP contribution in [0.15, 0.2) is 24.5 Å². The molecule has 2 rings (SSSR count). The molecule has 0 spiro atoms. The SMILES string of the molecule is Cc1cc(NC(=O)OC(C)(C)C)ccc1-n1cnnn1. The van der Waals surface area contributed by atoms with Crippen molar-refractivity contribution >= 4 is 11.8 Å². The van der Waals surface area contributed by atoms with Crippen LogP contribution in [0, 0.1) is 6.92 Å². The molecule has 7 heteroatoms. The van der Waals surface area contributed by atoms with Crippen molar-refractivity contribution in [1.82, 2.24) is 20.2 Å². The van der Waals surface area contributed by atoms with Crippen molar-refractivity contribution in [2.45, 2.75) is 33.3 Å². The second-order valence-corrected chi connectivity index (χ2v) is 5.38. The van der Waals surface area contributed by atoms with Crippen LogP contribution in [0.3, 0.4) is 0 Å². The van der Waals surface area contributed by atoms with Crippen LogP contribution < -0.4 is 5.32 Å². The number of rotatable bonds is 2. The van der Waals surface area contributed by atoms with Gasteiger partial charge >= 0.3 is 6.09 Å². The number of aromatic nitrogens is 4. The average Bonchev–Trinajstić information content (AvgIpc) is 2.79. The molecule has 1 heterocycles. The Kier molecular flexibility index (Phi) is 3.69. The third-order valence-corrected chi connectivity index (χ3v) is 2.44. The molecule has 1 amide bonds. The standard InChI is InChI=1S/C13H17N5O2/c1-9-7-10(15-12(19)20-13(2,3)4)5-6-11(9)18-8-14-16-17-18/h5-8H,1-4H3,(H,15,19). The third kappa shape index (κ3) is 3.53. The second kappa shape index (κ2) is 5.28. The van der Waals surface area contributed by atoms with E-state index in [0.717, 1.165) is 11.3 Å². The van der Waals surface area contributed by atoms with Crippen molar-refractivity contribution in [3.05, 3.63) is 30.1 Å². The molecule has 0 aliphatic rings. The third-order valence-electron chi connectivity index (χ3n) is 2.44. The van der Waals surface area contributed by atoms with Gasteiger partial charge in [-0.2, -0.15) is 0 Å². The first-order valence-electron chi connectivity index (χ1n) is 6.19. The van der Waals surface area contributed by atoms with Crippen LogP contribution in [0.25, 0.3) is 5.69 Å². The van der Waals surface area contributed by atoms with E-state index in [-0.39, 0.29) is 0 Å². The monoisotopic (exact) mass is 275 g/mol. The highest BCUT2D eigenvalue weighted by Crippen LogP contribution is 2.18. The first kappa shape index (κ1) is 14.0. The summed E-state index contributed by atoms with van der Waals surface area (Å²) < 4.78 is 6.76. The molecule has 0 unspecified atom stereocenters. The molecule has 0 atom stereocenters. The van der Waals surface area contributed by atoms with Crippen LogP contribution in [-0.4, -0.2) is 31.9 Å². The van der Waals surface area contributed by atoms with Gasteiger partial charge in [-0.05, 0) is 61.9 Å². The van der Waals surface area contributed by atoms with E-state index >= 15 is 0 Å². The molecule has 0 radical (unpaired) electrons. The van der Waals surface area contributed by atoms with E-state index in [1.807, 2.05) is 39.8 Å². The van der Waals surface area contributed by atoms with Gasteiger partial charge in [0.25, 0.3) is 0 Å². The number of nitrogens with one attached hydrogen (secondary N) is 1. The molecule has 1 aromatic heterocycles. The van der Waals surface area contributed by atoms with Gasteiger partial charge in [0.1, 0.15) is 11.9 Å². The van der Waals surface area contributed by atoms with E-state index in [0.29, 0.717) is 5.69 Å². The maximum Gasteiger partial charge on any atom is 0.412 e. The molecule has 0 fully saturated rings. The van der Waals surface area contributed by atoms with Gasteiger partial charge in [0, 0.05) is 5.69 Å². The molecule has 0 aliphatic carbocycles. The van der Waals surface area contributed by atoms with E-state index < -0.39 is 11.7 Å². The van der Waals surface area contributed by atoms with E-state index in [1.54, 1.807) is 10.7 Å². The molecule has 0 bridgehead atoms. The highest BCUT2D eigenvalue weighted by molar-refractivity contribution is 5.85. The Bertz CT molecular complexity index is 602. The normalized spacial score (nSPS) is 11.2. The molecule has 0 saturated carbocycles. The maximum atomic E-state index is 11.7. The van der Waals surface area contributed by atoms with Crippen LogP contribution >= 0.6 is 0 Å². The number of nitrogens with zero attached hydrogens (tertiary/aromatic N) is 4. The number of tetrazole rings is 1. The maximum absolute atomic E-state index is 11.7. The van der Waals surface area contributed by atoms with Gasteiger partial charge in [-0.3, -0.25) is 5.32 Å². The Morgan fingerprint density at radius 1 is 1.35 bits per heavy atom. The zero-order chi connectivity index (χ0) is 14.8. The number of amides is 1. The van der Waals surface area contributed by atoms with Crippen LogP contribution in [0.1, 0.15) is 26.3 Å². The van der Waals surface area contributed by atoms with Crippen LogP contribution in [-0.2, 0) is 4.74 Å². The molecular weight excluding hydrogens is 258 g/mol.